The molecule has 0 unspecified atom stereocenters. The van der Waals surface area contributed by atoms with E-state index in [0.29, 0.717) is 18.7 Å². The number of likely N-dealkylation sites (N-methyl/N-ethyl adjacent to an activating group) is 1. The van der Waals surface area contributed by atoms with Gasteiger partial charge in [-0.3, -0.25) is 9.59 Å². The summed E-state index contributed by atoms with van der Waals surface area (Å²) in [5.41, 5.74) is 0.301. The zero-order valence-electron chi connectivity index (χ0n) is 22.8. The first kappa shape index (κ1) is 30.2. The lowest BCUT2D eigenvalue weighted by atomic mass is 10.1. The van der Waals surface area contributed by atoms with Crippen LogP contribution in [0.25, 0.3) is 0 Å². The summed E-state index contributed by atoms with van der Waals surface area (Å²) >= 11 is 1.56. The van der Waals surface area contributed by atoms with Crippen molar-refractivity contribution in [2.45, 2.75) is 57.6 Å². The number of benzene rings is 2. The number of amides is 3. The fourth-order valence-electron chi connectivity index (χ4n) is 3.71. The molecule has 2 N–H and O–H groups in total. The second kappa shape index (κ2) is 14.7. The summed E-state index contributed by atoms with van der Waals surface area (Å²) in [7, 11) is 1.55. The first-order chi connectivity index (χ1) is 17.5. The molecule has 7 nitrogen and oxygen atoms in total. The van der Waals surface area contributed by atoms with Crippen molar-refractivity contribution in [3.8, 4) is 0 Å². The average Bonchev–Trinajstić information content (AvgIpc) is 2.84. The molecule has 0 bridgehead atoms. The van der Waals surface area contributed by atoms with E-state index in [-0.39, 0.29) is 30.4 Å². The zero-order valence-corrected chi connectivity index (χ0v) is 23.6. The van der Waals surface area contributed by atoms with E-state index in [1.807, 2.05) is 95.3 Å². The van der Waals surface area contributed by atoms with Crippen LogP contribution in [-0.4, -0.2) is 60.3 Å². The van der Waals surface area contributed by atoms with Gasteiger partial charge in [0, 0.05) is 37.2 Å². The summed E-state index contributed by atoms with van der Waals surface area (Å²) in [6.45, 7) is 10.2. The molecule has 0 spiro atoms. The molecule has 0 aromatic heterocycles. The van der Waals surface area contributed by atoms with Crippen LogP contribution in [0.5, 0.6) is 0 Å². The molecule has 0 aliphatic rings. The molecule has 0 saturated heterocycles. The van der Waals surface area contributed by atoms with Crippen LogP contribution < -0.4 is 10.6 Å². The van der Waals surface area contributed by atoms with E-state index < -0.39 is 17.6 Å². The van der Waals surface area contributed by atoms with Gasteiger partial charge in [-0.05, 0) is 44.4 Å². The van der Waals surface area contributed by atoms with Gasteiger partial charge in [-0.2, -0.15) is 0 Å². The van der Waals surface area contributed by atoms with Crippen LogP contribution in [-0.2, 0) is 20.7 Å². The highest BCUT2D eigenvalue weighted by Gasteiger charge is 2.31. The number of thioether (sulfide) groups is 1. The second-order valence-corrected chi connectivity index (χ2v) is 11.6. The zero-order chi connectivity index (χ0) is 27.4. The highest BCUT2D eigenvalue weighted by Crippen LogP contribution is 2.23. The fraction of sp³-hybridized carbons (Fsp3) is 0.483. The number of carbonyl (C=O) groups excluding carboxylic acids is 3. The largest absolute Gasteiger partial charge is 0.460 e. The Hall–Kier alpha value is -3.00. The third kappa shape index (κ3) is 11.3. The number of ether oxygens (including phenoxy) is 1. The standard InChI is InChI=1S/C29H41N3O4S/c1-21(2)18-32(28(35)31-25(26(33)30-6)17-22-13-9-7-10-14-22)19-23(27(34)36-29(3,4)5)20-37-24-15-11-8-12-16-24/h7-16,21,23,25H,17-20H2,1-6H3,(H,30,33)(H,31,35)/t23-,25+/m1/s1. The lowest BCUT2D eigenvalue weighted by molar-refractivity contribution is -0.159. The summed E-state index contributed by atoms with van der Waals surface area (Å²) in [6.07, 6.45) is 0.362. The van der Waals surface area contributed by atoms with E-state index in [1.54, 1.807) is 23.7 Å². The normalized spacial score (nSPS) is 12.9. The van der Waals surface area contributed by atoms with Gasteiger partial charge >= 0.3 is 12.0 Å². The van der Waals surface area contributed by atoms with E-state index >= 15 is 0 Å². The molecule has 0 heterocycles. The molecule has 37 heavy (non-hydrogen) atoms. The molecule has 2 atom stereocenters. The monoisotopic (exact) mass is 527 g/mol. The topological polar surface area (TPSA) is 87.7 Å². The van der Waals surface area contributed by atoms with Gasteiger partial charge in [0.15, 0.2) is 0 Å². The second-order valence-electron chi connectivity index (χ2n) is 10.5. The number of hydrogen-bond donors (Lipinski definition) is 2. The number of carbonyl (C=O) groups is 3. The predicted octanol–water partition coefficient (Wildman–Crippen LogP) is 4.76. The smallest absolute Gasteiger partial charge is 0.318 e. The van der Waals surface area contributed by atoms with Crippen molar-refractivity contribution >= 4 is 29.7 Å². The molecule has 0 radical (unpaired) electrons. The average molecular weight is 528 g/mol. The summed E-state index contributed by atoms with van der Waals surface area (Å²) in [5, 5.41) is 5.55. The van der Waals surface area contributed by atoms with Gasteiger partial charge in [-0.1, -0.05) is 62.4 Å². The van der Waals surface area contributed by atoms with E-state index in [4.69, 9.17) is 4.74 Å². The first-order valence-electron chi connectivity index (χ1n) is 12.7. The maximum atomic E-state index is 13.5. The Kier molecular flexibility index (Phi) is 12.0. The quantitative estimate of drug-likeness (QED) is 0.307. The molecule has 2 rings (SSSR count). The van der Waals surface area contributed by atoms with Gasteiger partial charge in [-0.15, -0.1) is 11.8 Å². The highest BCUT2D eigenvalue weighted by molar-refractivity contribution is 7.99. The van der Waals surface area contributed by atoms with Crippen molar-refractivity contribution in [2.75, 3.05) is 25.9 Å². The number of esters is 1. The molecule has 0 saturated carbocycles. The van der Waals surface area contributed by atoms with Crippen LogP contribution in [0.4, 0.5) is 4.79 Å². The number of urea groups is 1. The van der Waals surface area contributed by atoms with E-state index in [0.717, 1.165) is 10.5 Å². The molecule has 2 aromatic rings. The van der Waals surface area contributed by atoms with Crippen molar-refractivity contribution < 1.29 is 19.1 Å². The highest BCUT2D eigenvalue weighted by atomic mass is 32.2. The minimum Gasteiger partial charge on any atom is -0.460 e. The maximum Gasteiger partial charge on any atom is 0.318 e. The first-order valence-corrected chi connectivity index (χ1v) is 13.7. The van der Waals surface area contributed by atoms with Gasteiger partial charge in [0.25, 0.3) is 0 Å². The summed E-state index contributed by atoms with van der Waals surface area (Å²) in [4.78, 5) is 42.0. The van der Waals surface area contributed by atoms with E-state index in [9.17, 15) is 14.4 Å². The number of rotatable bonds is 12. The number of nitrogens with one attached hydrogen (secondary N) is 2. The summed E-state index contributed by atoms with van der Waals surface area (Å²) in [5.74, 6) is -0.528. The van der Waals surface area contributed by atoms with Crippen LogP contribution in [0.15, 0.2) is 65.6 Å². The third-order valence-electron chi connectivity index (χ3n) is 5.39. The summed E-state index contributed by atoms with van der Waals surface area (Å²) < 4.78 is 5.71. The van der Waals surface area contributed by atoms with Crippen LogP contribution >= 0.6 is 11.8 Å². The van der Waals surface area contributed by atoms with Crippen molar-refractivity contribution in [2.24, 2.45) is 11.8 Å². The van der Waals surface area contributed by atoms with Crippen LogP contribution in [0.1, 0.15) is 40.2 Å². The maximum absolute atomic E-state index is 13.5. The Morgan fingerprint density at radius 3 is 2.08 bits per heavy atom. The minimum absolute atomic E-state index is 0.166. The Morgan fingerprint density at radius 1 is 0.946 bits per heavy atom. The van der Waals surface area contributed by atoms with Gasteiger partial charge in [-0.25, -0.2) is 4.79 Å². The molecule has 0 fully saturated rings. The molecule has 202 valence electrons. The molecule has 2 aromatic carbocycles. The molecule has 3 amide bonds. The van der Waals surface area contributed by atoms with Gasteiger partial charge in [0.05, 0.1) is 5.92 Å². The Bertz CT molecular complexity index is 993. The van der Waals surface area contributed by atoms with Crippen molar-refractivity contribution in [3.05, 3.63) is 66.2 Å². The van der Waals surface area contributed by atoms with Crippen LogP contribution in [0.2, 0.25) is 0 Å². The molecular formula is C29H41N3O4S. The van der Waals surface area contributed by atoms with Crippen molar-refractivity contribution in [1.29, 1.82) is 0 Å². The molecule has 0 aliphatic heterocycles. The Balaban J connectivity index is 2.23. The number of nitrogens with zero attached hydrogens (tertiary/aromatic N) is 1. The van der Waals surface area contributed by atoms with Crippen LogP contribution in [0.3, 0.4) is 0 Å². The van der Waals surface area contributed by atoms with Crippen molar-refractivity contribution in [1.82, 2.24) is 15.5 Å². The third-order valence-corrected chi connectivity index (χ3v) is 6.57. The molecule has 8 heteroatoms. The van der Waals surface area contributed by atoms with Crippen LogP contribution in [0, 0.1) is 11.8 Å². The van der Waals surface area contributed by atoms with Gasteiger partial charge in [0.1, 0.15) is 11.6 Å². The molecule has 0 aliphatic carbocycles. The lowest BCUT2D eigenvalue weighted by Gasteiger charge is -2.31. The lowest BCUT2D eigenvalue weighted by Crippen LogP contribution is -2.53. The summed E-state index contributed by atoms with van der Waals surface area (Å²) in [6, 6.07) is 18.3. The van der Waals surface area contributed by atoms with Gasteiger partial charge < -0.3 is 20.3 Å². The Labute approximate surface area is 225 Å². The fourth-order valence-corrected chi connectivity index (χ4v) is 4.70. The minimum atomic E-state index is -0.742. The van der Waals surface area contributed by atoms with Crippen molar-refractivity contribution in [3.63, 3.8) is 0 Å². The Morgan fingerprint density at radius 2 is 1.54 bits per heavy atom. The predicted molar refractivity (Wildman–Crippen MR) is 149 cm³/mol. The molecular weight excluding hydrogens is 486 g/mol. The number of hydrogen-bond acceptors (Lipinski definition) is 5. The SMILES string of the molecule is CNC(=O)[C@H](Cc1ccccc1)NC(=O)N(CC(C)C)C[C@H](CSc1ccccc1)C(=O)OC(C)(C)C. The van der Waals surface area contributed by atoms with E-state index in [1.165, 1.54) is 0 Å². The van der Waals surface area contributed by atoms with Gasteiger partial charge in [0.2, 0.25) is 5.91 Å². The van der Waals surface area contributed by atoms with E-state index in [2.05, 4.69) is 10.6 Å².